The van der Waals surface area contributed by atoms with Crippen molar-refractivity contribution in [3.63, 3.8) is 0 Å². The number of alkyl halides is 1. The van der Waals surface area contributed by atoms with Gasteiger partial charge in [0.15, 0.2) is 0 Å². The third-order valence-electron chi connectivity index (χ3n) is 1.19. The van der Waals surface area contributed by atoms with Crippen molar-refractivity contribution in [1.82, 2.24) is 14.9 Å². The van der Waals surface area contributed by atoms with Crippen LogP contribution in [-0.2, 0) is 16.6 Å². The largest absolute Gasteiger partial charge is 0.285 e. The van der Waals surface area contributed by atoms with Crippen LogP contribution in [0.25, 0.3) is 0 Å². The number of nitrogens with zero attached hydrogens (tertiary/aromatic N) is 1. The first-order valence-corrected chi connectivity index (χ1v) is 5.92. The molecular formula is C5H8BrN3O2S. The summed E-state index contributed by atoms with van der Waals surface area (Å²) in [5, 5.41) is 6.26. The number of nitrogens with one attached hydrogen (secondary N) is 2. The average molecular weight is 254 g/mol. The highest BCUT2D eigenvalue weighted by molar-refractivity contribution is 9.10. The summed E-state index contributed by atoms with van der Waals surface area (Å²) in [5.74, 6) is 0. The Hall–Kier alpha value is -0.400. The molecule has 0 fully saturated rings. The van der Waals surface area contributed by atoms with E-state index in [1.165, 1.54) is 0 Å². The molecule has 1 aromatic heterocycles. The van der Waals surface area contributed by atoms with Crippen molar-refractivity contribution in [3.05, 3.63) is 18.0 Å². The molecule has 0 saturated heterocycles. The molecule has 68 valence electrons. The fourth-order valence-electron chi connectivity index (χ4n) is 0.606. The molecule has 1 heterocycles. The minimum absolute atomic E-state index is 0.0855. The summed E-state index contributed by atoms with van der Waals surface area (Å²) in [5.41, 5.74) is 0.805. The lowest BCUT2D eigenvalue weighted by molar-refractivity contribution is 0.586. The van der Waals surface area contributed by atoms with Crippen molar-refractivity contribution in [2.24, 2.45) is 0 Å². The molecule has 1 rings (SSSR count). The monoisotopic (exact) mass is 253 g/mol. The summed E-state index contributed by atoms with van der Waals surface area (Å²) in [6, 6.07) is 0. The van der Waals surface area contributed by atoms with Crippen LogP contribution >= 0.6 is 15.9 Å². The topological polar surface area (TPSA) is 74.8 Å². The Balaban J connectivity index is 2.47. The Morgan fingerprint density at radius 1 is 1.67 bits per heavy atom. The summed E-state index contributed by atoms with van der Waals surface area (Å²) in [4.78, 5) is 0. The van der Waals surface area contributed by atoms with Gasteiger partial charge in [-0.3, -0.25) is 5.10 Å². The number of aromatic amines is 1. The predicted molar refractivity (Wildman–Crippen MR) is 48.1 cm³/mol. The number of hydrogen-bond acceptors (Lipinski definition) is 3. The van der Waals surface area contributed by atoms with Crippen LogP contribution in [0, 0.1) is 0 Å². The average Bonchev–Trinajstić information content (AvgIpc) is 2.53. The van der Waals surface area contributed by atoms with Crippen LogP contribution in [0.5, 0.6) is 0 Å². The van der Waals surface area contributed by atoms with E-state index < -0.39 is 10.0 Å². The van der Waals surface area contributed by atoms with Crippen LogP contribution in [0.1, 0.15) is 5.56 Å². The first-order chi connectivity index (χ1) is 5.64. The third-order valence-corrected chi connectivity index (χ3v) is 3.87. The second kappa shape index (κ2) is 4.01. The molecular weight excluding hydrogens is 246 g/mol. The first-order valence-electron chi connectivity index (χ1n) is 3.15. The van der Waals surface area contributed by atoms with E-state index in [1.807, 2.05) is 0 Å². The zero-order chi connectivity index (χ0) is 9.03. The molecule has 0 aliphatic heterocycles. The van der Waals surface area contributed by atoms with Crippen LogP contribution in [0.4, 0.5) is 0 Å². The zero-order valence-corrected chi connectivity index (χ0v) is 8.52. The van der Waals surface area contributed by atoms with Crippen LogP contribution < -0.4 is 4.72 Å². The lowest BCUT2D eigenvalue weighted by Gasteiger charge is -1.99. The van der Waals surface area contributed by atoms with Gasteiger partial charge in [0.25, 0.3) is 0 Å². The molecule has 0 radical (unpaired) electrons. The summed E-state index contributed by atoms with van der Waals surface area (Å²) in [6.45, 7) is 0.268. The highest BCUT2D eigenvalue weighted by atomic mass is 79.9. The van der Waals surface area contributed by atoms with Crippen molar-refractivity contribution in [2.75, 3.05) is 4.66 Å². The molecule has 0 atom stereocenters. The van der Waals surface area contributed by atoms with E-state index in [9.17, 15) is 8.42 Å². The van der Waals surface area contributed by atoms with Gasteiger partial charge in [-0.25, -0.2) is 13.1 Å². The number of aromatic nitrogens is 2. The Labute approximate surface area is 78.7 Å². The molecule has 2 N–H and O–H groups in total. The van der Waals surface area contributed by atoms with Crippen molar-refractivity contribution in [3.8, 4) is 0 Å². The van der Waals surface area contributed by atoms with E-state index in [4.69, 9.17) is 0 Å². The van der Waals surface area contributed by atoms with Crippen LogP contribution in [-0.4, -0.2) is 23.3 Å². The van der Waals surface area contributed by atoms with Gasteiger partial charge < -0.3 is 0 Å². The number of rotatable bonds is 4. The van der Waals surface area contributed by atoms with Crippen molar-refractivity contribution < 1.29 is 8.42 Å². The fraction of sp³-hybridized carbons (Fsp3) is 0.400. The van der Waals surface area contributed by atoms with Gasteiger partial charge in [-0.2, -0.15) is 5.10 Å². The molecule has 0 unspecified atom stereocenters. The quantitative estimate of drug-likeness (QED) is 0.753. The zero-order valence-electron chi connectivity index (χ0n) is 6.12. The van der Waals surface area contributed by atoms with Gasteiger partial charge in [-0.15, -0.1) is 0 Å². The molecule has 0 amide bonds. The van der Waals surface area contributed by atoms with Gasteiger partial charge >= 0.3 is 0 Å². The molecule has 0 aliphatic carbocycles. The molecule has 0 aliphatic rings. The standard InChI is InChI=1S/C5H8BrN3O2S/c6-4-12(10,11)9-3-5-1-7-8-2-5/h1-2,9H,3-4H2,(H,7,8). The number of H-pyrrole nitrogens is 1. The molecule has 0 saturated carbocycles. The molecule has 5 nitrogen and oxygen atoms in total. The maximum Gasteiger partial charge on any atom is 0.221 e. The van der Waals surface area contributed by atoms with Gasteiger partial charge in [0.2, 0.25) is 10.0 Å². The Morgan fingerprint density at radius 3 is 2.92 bits per heavy atom. The first kappa shape index (κ1) is 9.69. The molecule has 0 bridgehead atoms. The van der Waals surface area contributed by atoms with Crippen LogP contribution in [0.15, 0.2) is 12.4 Å². The highest BCUT2D eigenvalue weighted by Gasteiger charge is 2.06. The lowest BCUT2D eigenvalue weighted by atomic mass is 10.4. The van der Waals surface area contributed by atoms with Gasteiger partial charge in [0, 0.05) is 18.3 Å². The van der Waals surface area contributed by atoms with E-state index in [0.29, 0.717) is 0 Å². The summed E-state index contributed by atoms with van der Waals surface area (Å²) >= 11 is 2.86. The van der Waals surface area contributed by atoms with Gasteiger partial charge in [-0.05, 0) is 0 Å². The van der Waals surface area contributed by atoms with Crippen molar-refractivity contribution in [1.29, 1.82) is 0 Å². The molecule has 12 heavy (non-hydrogen) atoms. The SMILES string of the molecule is O=S(=O)(CBr)NCc1cn[nH]c1. The smallest absolute Gasteiger partial charge is 0.221 e. The molecule has 7 heteroatoms. The number of hydrogen-bond donors (Lipinski definition) is 2. The summed E-state index contributed by atoms with van der Waals surface area (Å²) in [6.07, 6.45) is 3.20. The predicted octanol–water partition coefficient (Wildman–Crippen LogP) is 0.182. The van der Waals surface area contributed by atoms with Gasteiger partial charge in [0.05, 0.1) is 6.20 Å². The van der Waals surface area contributed by atoms with E-state index in [2.05, 4.69) is 30.8 Å². The minimum Gasteiger partial charge on any atom is -0.285 e. The second-order valence-electron chi connectivity index (χ2n) is 2.15. The fourth-order valence-corrected chi connectivity index (χ4v) is 1.56. The molecule has 0 aromatic carbocycles. The number of halogens is 1. The summed E-state index contributed by atoms with van der Waals surface area (Å²) < 4.78 is 24.1. The van der Waals surface area contributed by atoms with E-state index in [-0.39, 0.29) is 11.2 Å². The second-order valence-corrected chi connectivity index (χ2v) is 5.26. The molecule has 1 aromatic rings. The van der Waals surface area contributed by atoms with Crippen molar-refractivity contribution >= 4 is 26.0 Å². The Bertz CT molecular complexity index is 320. The normalized spacial score (nSPS) is 11.8. The van der Waals surface area contributed by atoms with E-state index >= 15 is 0 Å². The summed E-state index contributed by atoms with van der Waals surface area (Å²) in [7, 11) is -3.17. The van der Waals surface area contributed by atoms with Gasteiger partial charge in [0.1, 0.15) is 4.66 Å². The lowest BCUT2D eigenvalue weighted by Crippen LogP contribution is -2.23. The molecule has 0 spiro atoms. The van der Waals surface area contributed by atoms with Crippen LogP contribution in [0.3, 0.4) is 0 Å². The third kappa shape index (κ3) is 2.92. The van der Waals surface area contributed by atoms with Crippen LogP contribution in [0.2, 0.25) is 0 Å². The van der Waals surface area contributed by atoms with E-state index in [1.54, 1.807) is 12.4 Å². The van der Waals surface area contributed by atoms with Crippen molar-refractivity contribution in [2.45, 2.75) is 6.54 Å². The highest BCUT2D eigenvalue weighted by Crippen LogP contribution is 1.96. The van der Waals surface area contributed by atoms with E-state index in [0.717, 1.165) is 5.56 Å². The Kier molecular flexibility index (Phi) is 3.24. The Morgan fingerprint density at radius 2 is 2.42 bits per heavy atom. The maximum absolute atomic E-state index is 10.9. The minimum atomic E-state index is -3.17. The maximum atomic E-state index is 10.9. The van der Waals surface area contributed by atoms with Gasteiger partial charge in [-0.1, -0.05) is 15.9 Å². The number of sulfonamides is 1.